The van der Waals surface area contributed by atoms with Crippen molar-refractivity contribution in [2.24, 2.45) is 0 Å². The molecule has 0 bridgehead atoms. The van der Waals surface area contributed by atoms with E-state index in [4.69, 9.17) is 4.55 Å². The first-order chi connectivity index (χ1) is 6.43. The molecule has 0 radical (unpaired) electrons. The molecule has 0 aromatic heterocycles. The molecule has 0 aliphatic rings. The van der Waals surface area contributed by atoms with Gasteiger partial charge in [0.25, 0.3) is 5.69 Å². The molecular formula is C8H9NO4S. The topological polar surface area (TPSA) is 80.4 Å². The Morgan fingerprint density at radius 3 is 2.07 bits per heavy atom. The number of non-ortho nitro benzene ring substituents is 1. The lowest BCUT2D eigenvalue weighted by atomic mass is 10.1. The molecule has 1 atom stereocenters. The van der Waals surface area contributed by atoms with Crippen LogP contribution in [-0.4, -0.2) is 13.7 Å². The highest BCUT2D eigenvalue weighted by Gasteiger charge is 2.14. The highest BCUT2D eigenvalue weighted by Crippen LogP contribution is 2.23. The van der Waals surface area contributed by atoms with E-state index in [0.717, 1.165) is 0 Å². The minimum atomic E-state index is -2.10. The third-order valence-electron chi connectivity index (χ3n) is 1.83. The van der Waals surface area contributed by atoms with Crippen molar-refractivity contribution in [3.63, 3.8) is 0 Å². The molecule has 1 rings (SSSR count). The maximum atomic E-state index is 10.9. The molecule has 0 saturated carbocycles. The number of hydrogen-bond donors (Lipinski definition) is 1. The fourth-order valence-corrected chi connectivity index (χ4v) is 1.98. The molecule has 0 saturated heterocycles. The lowest BCUT2D eigenvalue weighted by Gasteiger charge is -2.04. The van der Waals surface area contributed by atoms with Crippen LogP contribution in [0.15, 0.2) is 17.0 Å². The zero-order valence-electron chi connectivity index (χ0n) is 7.68. The third-order valence-corrected chi connectivity index (χ3v) is 2.82. The van der Waals surface area contributed by atoms with Gasteiger partial charge in [-0.3, -0.25) is 10.1 Å². The summed E-state index contributed by atoms with van der Waals surface area (Å²) in [5.41, 5.74) is 0.851. The average molecular weight is 215 g/mol. The van der Waals surface area contributed by atoms with Crippen molar-refractivity contribution in [1.29, 1.82) is 0 Å². The SMILES string of the molecule is Cc1cc([N+](=O)[O-])cc(C)c1S(=O)O. The van der Waals surface area contributed by atoms with E-state index in [1.165, 1.54) is 12.1 Å². The Morgan fingerprint density at radius 1 is 1.36 bits per heavy atom. The summed E-state index contributed by atoms with van der Waals surface area (Å²) in [4.78, 5) is 10.2. The molecule has 76 valence electrons. The van der Waals surface area contributed by atoms with Crippen molar-refractivity contribution < 1.29 is 13.7 Å². The molecule has 0 fully saturated rings. The second kappa shape index (κ2) is 3.85. The molecule has 5 nitrogen and oxygen atoms in total. The van der Waals surface area contributed by atoms with E-state index in [1.54, 1.807) is 13.8 Å². The van der Waals surface area contributed by atoms with E-state index in [9.17, 15) is 14.3 Å². The van der Waals surface area contributed by atoms with Crippen LogP contribution in [0.5, 0.6) is 0 Å². The van der Waals surface area contributed by atoms with Gasteiger partial charge >= 0.3 is 0 Å². The zero-order valence-corrected chi connectivity index (χ0v) is 8.50. The molecule has 0 spiro atoms. The van der Waals surface area contributed by atoms with E-state index in [1.807, 2.05) is 0 Å². The van der Waals surface area contributed by atoms with Crippen LogP contribution in [0.25, 0.3) is 0 Å². The molecule has 0 amide bonds. The van der Waals surface area contributed by atoms with E-state index in [2.05, 4.69) is 0 Å². The average Bonchev–Trinajstić information content (AvgIpc) is 2.01. The fraction of sp³-hybridized carbons (Fsp3) is 0.250. The first-order valence-electron chi connectivity index (χ1n) is 3.80. The van der Waals surface area contributed by atoms with Crippen LogP contribution in [0.1, 0.15) is 11.1 Å². The molecule has 1 unspecified atom stereocenters. The van der Waals surface area contributed by atoms with E-state index >= 15 is 0 Å². The van der Waals surface area contributed by atoms with Gasteiger partial charge < -0.3 is 4.55 Å². The third kappa shape index (κ3) is 1.97. The Balaban J connectivity index is 3.39. The van der Waals surface area contributed by atoms with Gasteiger partial charge in [0.2, 0.25) is 0 Å². The summed E-state index contributed by atoms with van der Waals surface area (Å²) in [7, 11) is 0. The second-order valence-corrected chi connectivity index (χ2v) is 3.82. The predicted octanol–water partition coefficient (Wildman–Crippen LogP) is 1.79. The van der Waals surface area contributed by atoms with Gasteiger partial charge in [-0.1, -0.05) is 0 Å². The van der Waals surface area contributed by atoms with Crippen LogP contribution in [0.4, 0.5) is 5.69 Å². The van der Waals surface area contributed by atoms with Crippen molar-refractivity contribution in [3.05, 3.63) is 33.4 Å². The molecule has 0 aliphatic heterocycles. The predicted molar refractivity (Wildman–Crippen MR) is 51.6 cm³/mol. The highest BCUT2D eigenvalue weighted by molar-refractivity contribution is 7.79. The van der Waals surface area contributed by atoms with E-state index < -0.39 is 16.0 Å². The first kappa shape index (κ1) is 10.8. The number of hydrogen-bond acceptors (Lipinski definition) is 3. The van der Waals surface area contributed by atoms with Crippen LogP contribution in [0.2, 0.25) is 0 Å². The molecule has 0 aliphatic carbocycles. The van der Waals surface area contributed by atoms with Gasteiger partial charge in [0.1, 0.15) is 0 Å². The summed E-state index contributed by atoms with van der Waals surface area (Å²) in [5, 5.41) is 10.5. The summed E-state index contributed by atoms with van der Waals surface area (Å²) in [6, 6.07) is 2.58. The molecule has 14 heavy (non-hydrogen) atoms. The van der Waals surface area contributed by atoms with Crippen molar-refractivity contribution in [2.75, 3.05) is 0 Å². The van der Waals surface area contributed by atoms with E-state index in [-0.39, 0.29) is 10.6 Å². The number of nitro benzene ring substituents is 1. The van der Waals surface area contributed by atoms with Gasteiger partial charge in [0.05, 0.1) is 9.82 Å². The maximum Gasteiger partial charge on any atom is 0.270 e. The van der Waals surface area contributed by atoms with Crippen molar-refractivity contribution >= 4 is 16.8 Å². The second-order valence-electron chi connectivity index (χ2n) is 2.91. The van der Waals surface area contributed by atoms with Crippen molar-refractivity contribution in [3.8, 4) is 0 Å². The largest absolute Gasteiger partial charge is 0.302 e. The fourth-order valence-electron chi connectivity index (χ4n) is 1.31. The summed E-state index contributed by atoms with van der Waals surface area (Å²) < 4.78 is 19.8. The monoisotopic (exact) mass is 215 g/mol. The number of nitrogens with zero attached hydrogens (tertiary/aromatic N) is 1. The summed E-state index contributed by atoms with van der Waals surface area (Å²) >= 11 is -2.10. The normalized spacial score (nSPS) is 12.5. The van der Waals surface area contributed by atoms with Crippen LogP contribution in [0, 0.1) is 24.0 Å². The van der Waals surface area contributed by atoms with Gasteiger partial charge in [-0.2, -0.15) is 0 Å². The lowest BCUT2D eigenvalue weighted by molar-refractivity contribution is -0.385. The van der Waals surface area contributed by atoms with Crippen LogP contribution in [0.3, 0.4) is 0 Å². The van der Waals surface area contributed by atoms with Crippen LogP contribution >= 0.6 is 0 Å². The first-order valence-corrected chi connectivity index (χ1v) is 4.90. The maximum absolute atomic E-state index is 10.9. The number of rotatable bonds is 2. The quantitative estimate of drug-likeness (QED) is 0.463. The van der Waals surface area contributed by atoms with Gasteiger partial charge in [-0.15, -0.1) is 0 Å². The van der Waals surface area contributed by atoms with Crippen molar-refractivity contribution in [1.82, 2.24) is 0 Å². The number of aryl methyl sites for hydroxylation is 2. The van der Waals surface area contributed by atoms with Crippen LogP contribution in [-0.2, 0) is 11.1 Å². The highest BCUT2D eigenvalue weighted by atomic mass is 32.2. The van der Waals surface area contributed by atoms with E-state index in [0.29, 0.717) is 11.1 Å². The summed E-state index contributed by atoms with van der Waals surface area (Å²) in [6.45, 7) is 3.15. The van der Waals surface area contributed by atoms with Crippen molar-refractivity contribution in [2.45, 2.75) is 18.7 Å². The standard InChI is InChI=1S/C8H9NO4S/c1-5-3-7(9(10)11)4-6(2)8(5)14(12)13/h3-4H,1-2H3,(H,12,13). The Morgan fingerprint density at radius 2 is 1.79 bits per heavy atom. The Kier molecular flexibility index (Phi) is 2.97. The van der Waals surface area contributed by atoms with Gasteiger partial charge in [-0.05, 0) is 25.0 Å². The van der Waals surface area contributed by atoms with Crippen LogP contribution < -0.4 is 0 Å². The molecule has 0 heterocycles. The summed E-state index contributed by atoms with van der Waals surface area (Å²) in [6.07, 6.45) is 0. The summed E-state index contributed by atoms with van der Waals surface area (Å²) in [5.74, 6) is 0. The Bertz CT molecular complexity index is 393. The minimum Gasteiger partial charge on any atom is -0.302 e. The number of nitro groups is 1. The Labute approximate surface area is 83.2 Å². The smallest absolute Gasteiger partial charge is 0.270 e. The molecule has 1 aromatic carbocycles. The lowest BCUT2D eigenvalue weighted by Crippen LogP contribution is -1.98. The Hall–Kier alpha value is -1.27. The number of benzene rings is 1. The van der Waals surface area contributed by atoms with Gasteiger partial charge in [-0.25, -0.2) is 4.21 Å². The van der Waals surface area contributed by atoms with Gasteiger partial charge in [0, 0.05) is 12.1 Å². The minimum absolute atomic E-state index is 0.0609. The molecule has 1 N–H and O–H groups in total. The molecule has 1 aromatic rings. The molecular weight excluding hydrogens is 206 g/mol. The van der Waals surface area contributed by atoms with Gasteiger partial charge in [0.15, 0.2) is 11.1 Å². The zero-order chi connectivity index (χ0) is 10.9. The molecule has 6 heteroatoms.